The monoisotopic (exact) mass is 262 g/mol. The van der Waals surface area contributed by atoms with Crippen LogP contribution in [0.3, 0.4) is 0 Å². The Morgan fingerprint density at radius 1 is 1.26 bits per heavy atom. The Morgan fingerprint density at radius 2 is 1.84 bits per heavy atom. The molecule has 0 saturated carbocycles. The summed E-state index contributed by atoms with van der Waals surface area (Å²) in [5, 5.41) is 2.93. The van der Waals surface area contributed by atoms with Gasteiger partial charge in [-0.05, 0) is 31.0 Å². The maximum Gasteiger partial charge on any atom is 0.224 e. The Balaban J connectivity index is 2.62. The molecule has 4 nitrogen and oxygen atoms in total. The number of anilines is 1. The third-order valence-electron chi connectivity index (χ3n) is 3.18. The lowest BCUT2D eigenvalue weighted by molar-refractivity contribution is -0.121. The molecular weight excluding hydrogens is 240 g/mol. The van der Waals surface area contributed by atoms with E-state index in [0.29, 0.717) is 6.42 Å². The summed E-state index contributed by atoms with van der Waals surface area (Å²) in [6, 6.07) is 7.67. The number of hydrogen-bond acceptors (Lipinski definition) is 2. The van der Waals surface area contributed by atoms with E-state index in [9.17, 15) is 9.59 Å². The number of carbonyl (C=O) groups excluding carboxylic acids is 2. The summed E-state index contributed by atoms with van der Waals surface area (Å²) in [6.07, 6.45) is 1.29. The topological polar surface area (TPSA) is 49.4 Å². The second-order valence-electron chi connectivity index (χ2n) is 4.80. The first kappa shape index (κ1) is 15.2. The van der Waals surface area contributed by atoms with Gasteiger partial charge in [0.2, 0.25) is 11.8 Å². The molecule has 0 aliphatic heterocycles. The summed E-state index contributed by atoms with van der Waals surface area (Å²) in [4.78, 5) is 24.5. The van der Waals surface area contributed by atoms with Crippen molar-refractivity contribution >= 4 is 17.5 Å². The fourth-order valence-electron chi connectivity index (χ4n) is 1.63. The summed E-state index contributed by atoms with van der Waals surface area (Å²) < 4.78 is 0. The van der Waals surface area contributed by atoms with Crippen molar-refractivity contribution < 1.29 is 9.59 Å². The van der Waals surface area contributed by atoms with E-state index < -0.39 is 0 Å². The van der Waals surface area contributed by atoms with Crippen LogP contribution in [0.1, 0.15) is 32.8 Å². The molecule has 1 atom stereocenters. The average molecular weight is 262 g/mol. The molecular formula is C15H22N2O2. The van der Waals surface area contributed by atoms with E-state index in [0.717, 1.165) is 17.7 Å². The van der Waals surface area contributed by atoms with E-state index in [4.69, 9.17) is 0 Å². The Morgan fingerprint density at radius 3 is 2.32 bits per heavy atom. The lowest BCUT2D eigenvalue weighted by atomic mass is 10.1. The van der Waals surface area contributed by atoms with Crippen LogP contribution < -0.4 is 10.2 Å². The quantitative estimate of drug-likeness (QED) is 0.883. The maximum absolute atomic E-state index is 11.7. The Labute approximate surface area is 114 Å². The predicted molar refractivity (Wildman–Crippen MR) is 77.1 cm³/mol. The summed E-state index contributed by atoms with van der Waals surface area (Å²) in [7, 11) is 1.73. The van der Waals surface area contributed by atoms with Gasteiger partial charge >= 0.3 is 0 Å². The molecule has 0 saturated heterocycles. The van der Waals surface area contributed by atoms with Gasteiger partial charge in [-0.3, -0.25) is 9.59 Å². The third-order valence-corrected chi connectivity index (χ3v) is 3.18. The number of rotatable bonds is 5. The van der Waals surface area contributed by atoms with E-state index in [1.165, 1.54) is 6.92 Å². The second kappa shape index (κ2) is 6.92. The fraction of sp³-hybridized carbons (Fsp3) is 0.467. The third kappa shape index (κ3) is 4.73. The number of amides is 2. The van der Waals surface area contributed by atoms with E-state index in [1.807, 2.05) is 38.1 Å². The van der Waals surface area contributed by atoms with Crippen molar-refractivity contribution in [3.05, 3.63) is 29.8 Å². The van der Waals surface area contributed by atoms with Crippen molar-refractivity contribution in [1.29, 1.82) is 0 Å². The van der Waals surface area contributed by atoms with Gasteiger partial charge in [-0.25, -0.2) is 0 Å². The molecule has 19 heavy (non-hydrogen) atoms. The van der Waals surface area contributed by atoms with Crippen LogP contribution in [0.2, 0.25) is 0 Å². The van der Waals surface area contributed by atoms with Crippen molar-refractivity contribution in [2.45, 2.75) is 39.7 Å². The molecule has 0 aromatic heterocycles. The van der Waals surface area contributed by atoms with Gasteiger partial charge in [-0.2, -0.15) is 0 Å². The highest BCUT2D eigenvalue weighted by Crippen LogP contribution is 2.14. The molecule has 1 unspecified atom stereocenters. The van der Waals surface area contributed by atoms with Crippen molar-refractivity contribution in [1.82, 2.24) is 5.32 Å². The Bertz CT molecular complexity index is 440. The molecule has 0 radical (unpaired) electrons. The van der Waals surface area contributed by atoms with E-state index in [-0.39, 0.29) is 17.9 Å². The summed E-state index contributed by atoms with van der Waals surface area (Å²) >= 11 is 0. The normalized spacial score (nSPS) is 11.8. The molecule has 1 aromatic rings. The minimum atomic E-state index is -0.0118. The second-order valence-corrected chi connectivity index (χ2v) is 4.80. The smallest absolute Gasteiger partial charge is 0.224 e. The minimum absolute atomic E-state index is 0.0118. The summed E-state index contributed by atoms with van der Waals surface area (Å²) in [6.45, 7) is 5.55. The Hall–Kier alpha value is -1.84. The molecule has 0 aliphatic rings. The number of benzene rings is 1. The molecule has 0 aliphatic carbocycles. The zero-order valence-corrected chi connectivity index (χ0v) is 12.1. The van der Waals surface area contributed by atoms with Gasteiger partial charge in [0.15, 0.2) is 0 Å². The minimum Gasteiger partial charge on any atom is -0.353 e. The highest BCUT2D eigenvalue weighted by atomic mass is 16.2. The fourth-order valence-corrected chi connectivity index (χ4v) is 1.63. The lowest BCUT2D eigenvalue weighted by Gasteiger charge is -2.15. The highest BCUT2D eigenvalue weighted by molar-refractivity contribution is 5.90. The number of nitrogens with one attached hydrogen (secondary N) is 1. The van der Waals surface area contributed by atoms with Crippen LogP contribution >= 0.6 is 0 Å². The SMILES string of the molecule is CCC(C)NC(=O)Cc1ccc(N(C)C(C)=O)cc1. The van der Waals surface area contributed by atoms with Crippen molar-refractivity contribution in [2.75, 3.05) is 11.9 Å². The predicted octanol–water partition coefficient (Wildman–Crippen LogP) is 2.13. The molecule has 0 spiro atoms. The van der Waals surface area contributed by atoms with Crippen molar-refractivity contribution in [2.24, 2.45) is 0 Å². The van der Waals surface area contributed by atoms with Gasteiger partial charge < -0.3 is 10.2 Å². The van der Waals surface area contributed by atoms with E-state index >= 15 is 0 Å². The van der Waals surface area contributed by atoms with Gasteiger partial charge in [0.25, 0.3) is 0 Å². The van der Waals surface area contributed by atoms with Crippen LogP contribution in [0.4, 0.5) is 5.69 Å². The zero-order valence-electron chi connectivity index (χ0n) is 12.1. The van der Waals surface area contributed by atoms with Gasteiger partial charge in [0.05, 0.1) is 6.42 Å². The zero-order chi connectivity index (χ0) is 14.4. The van der Waals surface area contributed by atoms with Crippen molar-refractivity contribution in [3.8, 4) is 0 Å². The first-order valence-corrected chi connectivity index (χ1v) is 6.56. The van der Waals surface area contributed by atoms with Gasteiger partial charge in [-0.15, -0.1) is 0 Å². The van der Waals surface area contributed by atoms with Crippen LogP contribution in [-0.4, -0.2) is 24.9 Å². The molecule has 2 amide bonds. The number of carbonyl (C=O) groups is 2. The highest BCUT2D eigenvalue weighted by Gasteiger charge is 2.08. The molecule has 104 valence electrons. The summed E-state index contributed by atoms with van der Waals surface area (Å²) in [5.74, 6) is 0.0179. The van der Waals surface area contributed by atoms with Crippen LogP contribution in [0.25, 0.3) is 0 Å². The largest absolute Gasteiger partial charge is 0.353 e. The molecule has 0 bridgehead atoms. The van der Waals surface area contributed by atoms with Gasteiger partial charge in [-0.1, -0.05) is 19.1 Å². The maximum atomic E-state index is 11.7. The number of hydrogen-bond donors (Lipinski definition) is 1. The molecule has 0 heterocycles. The van der Waals surface area contributed by atoms with E-state index in [2.05, 4.69) is 5.32 Å². The van der Waals surface area contributed by atoms with Crippen LogP contribution in [0.5, 0.6) is 0 Å². The first-order valence-electron chi connectivity index (χ1n) is 6.56. The molecule has 1 rings (SSSR count). The number of nitrogens with zero attached hydrogens (tertiary/aromatic N) is 1. The summed E-state index contributed by atoms with van der Waals surface area (Å²) in [5.41, 5.74) is 1.78. The van der Waals surface area contributed by atoms with Crippen molar-refractivity contribution in [3.63, 3.8) is 0 Å². The van der Waals surface area contributed by atoms with Crippen LogP contribution in [0.15, 0.2) is 24.3 Å². The molecule has 1 aromatic carbocycles. The van der Waals surface area contributed by atoms with Crippen LogP contribution in [0, 0.1) is 0 Å². The lowest BCUT2D eigenvalue weighted by Crippen LogP contribution is -2.33. The molecule has 0 fully saturated rings. The van der Waals surface area contributed by atoms with Gasteiger partial charge in [0.1, 0.15) is 0 Å². The van der Waals surface area contributed by atoms with Crippen LogP contribution in [-0.2, 0) is 16.0 Å². The van der Waals surface area contributed by atoms with Gasteiger partial charge in [0, 0.05) is 25.7 Å². The average Bonchev–Trinajstić information content (AvgIpc) is 2.38. The first-order chi connectivity index (χ1) is 8.93. The molecule has 4 heteroatoms. The Kier molecular flexibility index (Phi) is 5.55. The standard InChI is InChI=1S/C15H22N2O2/c1-5-11(2)16-15(19)10-13-6-8-14(9-7-13)17(4)12(3)18/h6-9,11H,5,10H2,1-4H3,(H,16,19). The van der Waals surface area contributed by atoms with E-state index in [1.54, 1.807) is 11.9 Å². The molecule has 1 N–H and O–H groups in total.